The van der Waals surface area contributed by atoms with Crippen LogP contribution in [0, 0.1) is 0 Å². The summed E-state index contributed by atoms with van der Waals surface area (Å²) in [6.07, 6.45) is 0.324. The minimum atomic E-state index is -4.47. The number of benzene rings is 1. The maximum absolute atomic E-state index is 13.3. The highest BCUT2D eigenvalue weighted by atomic mass is 19.4. The molecule has 10 heteroatoms. The summed E-state index contributed by atoms with van der Waals surface area (Å²) in [5.41, 5.74) is 5.04. The molecule has 0 aliphatic carbocycles. The molecule has 2 N–H and O–H groups in total. The Morgan fingerprint density at radius 1 is 1.28 bits per heavy atom. The summed E-state index contributed by atoms with van der Waals surface area (Å²) in [4.78, 5) is 24.7. The number of rotatable bonds is 4. The summed E-state index contributed by atoms with van der Waals surface area (Å²) in [5, 5.41) is 10.2. The van der Waals surface area contributed by atoms with Gasteiger partial charge >= 0.3 is 12.1 Å². The van der Waals surface area contributed by atoms with Gasteiger partial charge in [-0.3, -0.25) is 9.59 Å². The van der Waals surface area contributed by atoms with Gasteiger partial charge in [0.25, 0.3) is 5.91 Å². The molecule has 172 valence electrons. The van der Waals surface area contributed by atoms with Gasteiger partial charge in [-0.25, -0.2) is 10.4 Å². The van der Waals surface area contributed by atoms with Crippen LogP contribution in [-0.4, -0.2) is 59.3 Å². The topological polar surface area (TPSA) is 82.1 Å². The van der Waals surface area contributed by atoms with Crippen LogP contribution in [-0.2, 0) is 16.0 Å². The van der Waals surface area contributed by atoms with Crippen molar-refractivity contribution in [2.24, 2.45) is 0 Å². The number of amides is 1. The summed E-state index contributed by atoms with van der Waals surface area (Å²) in [6.45, 7) is 3.89. The fourth-order valence-electron chi connectivity index (χ4n) is 3.77. The molecule has 4 rings (SSSR count). The Hall–Kier alpha value is -3.27. The molecule has 0 bridgehead atoms. The van der Waals surface area contributed by atoms with E-state index in [-0.39, 0.29) is 24.9 Å². The smallest absolute Gasteiger partial charge is 0.409 e. The van der Waals surface area contributed by atoms with Crippen molar-refractivity contribution in [2.45, 2.75) is 32.5 Å². The number of fused-ring (bicyclic) bond motifs is 2. The zero-order chi connectivity index (χ0) is 23.6. The zero-order valence-corrected chi connectivity index (χ0v) is 17.9. The van der Waals surface area contributed by atoms with Crippen LogP contribution < -0.4 is 5.43 Å². The molecule has 0 saturated carbocycles. The van der Waals surface area contributed by atoms with Crippen molar-refractivity contribution in [3.8, 4) is 0 Å². The van der Waals surface area contributed by atoms with Crippen molar-refractivity contribution in [2.75, 3.05) is 20.2 Å². The number of allylic oxidation sites excluding steroid dienone is 3. The first-order chi connectivity index (χ1) is 15.2. The number of nitrogens with one attached hydrogen (secondary N) is 1. The number of hydrogen-bond donors (Lipinski definition) is 2. The molecule has 0 aromatic heterocycles. The van der Waals surface area contributed by atoms with E-state index in [1.807, 2.05) is 13.8 Å². The van der Waals surface area contributed by atoms with Crippen LogP contribution in [0.1, 0.15) is 35.3 Å². The molecule has 1 amide bonds. The Bertz CT molecular complexity index is 1010. The molecule has 1 unspecified atom stereocenters. The van der Waals surface area contributed by atoms with Crippen LogP contribution in [0.5, 0.6) is 0 Å². The van der Waals surface area contributed by atoms with Gasteiger partial charge in [0.05, 0.1) is 12.8 Å². The first kappa shape index (κ1) is 23.4. The Kier molecular flexibility index (Phi) is 6.63. The first-order valence-electron chi connectivity index (χ1n) is 10.1. The molecule has 3 aliphatic rings. The fourth-order valence-corrected chi connectivity index (χ4v) is 3.77. The van der Waals surface area contributed by atoms with Crippen LogP contribution in [0.3, 0.4) is 0 Å². The quantitative estimate of drug-likeness (QED) is 0.731. The van der Waals surface area contributed by atoms with E-state index in [9.17, 15) is 22.8 Å². The van der Waals surface area contributed by atoms with Crippen LogP contribution >= 0.6 is 0 Å². The van der Waals surface area contributed by atoms with E-state index < -0.39 is 18.2 Å². The van der Waals surface area contributed by atoms with Crippen molar-refractivity contribution in [3.63, 3.8) is 0 Å². The molecule has 1 aromatic rings. The largest absolute Gasteiger partial charge is 0.481 e. The van der Waals surface area contributed by atoms with Gasteiger partial charge in [0, 0.05) is 23.8 Å². The Morgan fingerprint density at radius 2 is 2.00 bits per heavy atom. The number of nitrogens with zero attached hydrogens (tertiary/aromatic N) is 2. The van der Waals surface area contributed by atoms with E-state index in [0.717, 1.165) is 11.6 Å². The van der Waals surface area contributed by atoms with Crippen molar-refractivity contribution >= 4 is 17.4 Å². The zero-order valence-electron chi connectivity index (χ0n) is 17.9. The number of hydrazine groups is 1. The van der Waals surface area contributed by atoms with Crippen LogP contribution in [0.25, 0.3) is 5.57 Å². The van der Waals surface area contributed by atoms with Gasteiger partial charge < -0.3 is 14.7 Å². The highest BCUT2D eigenvalue weighted by Crippen LogP contribution is 2.39. The molecule has 3 heterocycles. The molecule has 0 radical (unpaired) electrons. The molecule has 7 nitrogen and oxygen atoms in total. The van der Waals surface area contributed by atoms with E-state index in [2.05, 4.69) is 5.43 Å². The van der Waals surface area contributed by atoms with Gasteiger partial charge in [0.2, 0.25) is 5.88 Å². The SMILES string of the molecule is CC.COC1=CC=C(c2ccc3c(c2)CCN(CC(=O)O)C3=O)C2=CC(C(F)(F)F)NN12. The normalized spacial score (nSPS) is 19.8. The summed E-state index contributed by atoms with van der Waals surface area (Å²) in [7, 11) is 1.37. The maximum atomic E-state index is 13.3. The third kappa shape index (κ3) is 4.36. The predicted octanol–water partition coefficient (Wildman–Crippen LogP) is 3.32. The summed E-state index contributed by atoms with van der Waals surface area (Å²) in [6, 6.07) is 3.16. The molecule has 1 aromatic carbocycles. The van der Waals surface area contributed by atoms with Gasteiger partial charge in [-0.1, -0.05) is 26.0 Å². The standard InChI is InChI=1S/C20H18F3N3O4.C2H6/c1-30-17-5-4-13(15-9-16(20(21,22)23)24-26(15)17)11-2-3-14-12(8-11)6-7-25(19(14)29)10-18(27)28;1-2/h2-5,8-9,16,24H,6-7,10H2,1H3,(H,27,28);1-2H3. The van der Waals surface area contributed by atoms with E-state index in [4.69, 9.17) is 9.84 Å². The van der Waals surface area contributed by atoms with Gasteiger partial charge in [0.1, 0.15) is 12.6 Å². The molecule has 32 heavy (non-hydrogen) atoms. The third-order valence-corrected chi connectivity index (χ3v) is 5.20. The monoisotopic (exact) mass is 451 g/mol. The number of carbonyl (C=O) groups excluding carboxylic acids is 1. The van der Waals surface area contributed by atoms with Crippen molar-refractivity contribution in [3.05, 3.63) is 64.7 Å². The van der Waals surface area contributed by atoms with Gasteiger partial charge in [0.15, 0.2) is 0 Å². The first-order valence-corrected chi connectivity index (χ1v) is 10.1. The van der Waals surface area contributed by atoms with Crippen LogP contribution in [0.2, 0.25) is 0 Å². The number of methoxy groups -OCH3 is 1. The second-order valence-electron chi connectivity index (χ2n) is 7.07. The van der Waals surface area contributed by atoms with Crippen molar-refractivity contribution in [1.82, 2.24) is 15.3 Å². The number of alkyl halides is 3. The molecular formula is C22H24F3N3O4. The Morgan fingerprint density at radius 3 is 2.62 bits per heavy atom. The average Bonchev–Trinajstić information content (AvgIpc) is 3.22. The van der Waals surface area contributed by atoms with Crippen LogP contribution in [0.4, 0.5) is 13.2 Å². The number of hydrogen-bond acceptors (Lipinski definition) is 5. The van der Waals surface area contributed by atoms with E-state index in [1.54, 1.807) is 30.4 Å². The molecule has 0 spiro atoms. The van der Waals surface area contributed by atoms with E-state index in [1.165, 1.54) is 17.0 Å². The molecule has 1 atom stereocenters. The Balaban J connectivity index is 0.00000141. The number of halogens is 3. The lowest BCUT2D eigenvalue weighted by molar-refractivity contribution is -0.149. The van der Waals surface area contributed by atoms with Crippen LogP contribution in [0.15, 0.2) is 48.0 Å². The average molecular weight is 451 g/mol. The number of aliphatic carboxylic acids is 1. The molecule has 3 aliphatic heterocycles. The molecule has 0 saturated heterocycles. The number of carbonyl (C=O) groups is 2. The highest BCUT2D eigenvalue weighted by molar-refractivity contribution is 5.99. The predicted molar refractivity (Wildman–Crippen MR) is 111 cm³/mol. The van der Waals surface area contributed by atoms with E-state index >= 15 is 0 Å². The second-order valence-corrected chi connectivity index (χ2v) is 7.07. The summed E-state index contributed by atoms with van der Waals surface area (Å²) >= 11 is 0. The summed E-state index contributed by atoms with van der Waals surface area (Å²) in [5.74, 6) is -1.23. The fraction of sp³-hybridized carbons (Fsp3) is 0.364. The number of ether oxygens (including phenoxy) is 1. The Labute approximate surface area is 183 Å². The van der Waals surface area contributed by atoms with Crippen molar-refractivity contribution in [1.29, 1.82) is 0 Å². The lowest BCUT2D eigenvalue weighted by Gasteiger charge is -2.30. The number of carboxylic acid groups (broad SMARTS) is 1. The third-order valence-electron chi connectivity index (χ3n) is 5.20. The molecule has 0 fully saturated rings. The second kappa shape index (κ2) is 9.07. The molecular weight excluding hydrogens is 427 g/mol. The minimum absolute atomic E-state index is 0.231. The summed E-state index contributed by atoms with van der Waals surface area (Å²) < 4.78 is 44.9. The highest BCUT2D eigenvalue weighted by Gasteiger charge is 2.45. The lowest BCUT2D eigenvalue weighted by Crippen LogP contribution is -2.44. The number of carboxylic acids is 1. The van der Waals surface area contributed by atoms with Crippen molar-refractivity contribution < 1.29 is 32.6 Å². The minimum Gasteiger partial charge on any atom is -0.481 e. The maximum Gasteiger partial charge on any atom is 0.409 e. The van der Waals surface area contributed by atoms with Gasteiger partial charge in [-0.2, -0.15) is 13.2 Å². The van der Waals surface area contributed by atoms with Gasteiger partial charge in [-0.15, -0.1) is 0 Å². The van der Waals surface area contributed by atoms with E-state index in [0.29, 0.717) is 28.8 Å². The van der Waals surface area contributed by atoms with Gasteiger partial charge in [-0.05, 0) is 35.8 Å². The lowest BCUT2D eigenvalue weighted by atomic mass is 9.92.